The molecule has 9 nitrogen and oxygen atoms in total. The number of hydrogen-bond donors (Lipinski definition) is 2. The first kappa shape index (κ1) is 26.0. The fraction of sp³-hybridized carbons (Fsp3) is 0.0833. The summed E-state index contributed by atoms with van der Waals surface area (Å²) in [6, 6.07) is 15.4. The van der Waals surface area contributed by atoms with Crippen molar-refractivity contribution in [1.82, 2.24) is 9.97 Å². The molecule has 0 saturated carbocycles. The summed E-state index contributed by atoms with van der Waals surface area (Å²) in [5, 5.41) is 16.5. The van der Waals surface area contributed by atoms with Gasteiger partial charge in [0, 0.05) is 23.5 Å². The topological polar surface area (TPSA) is 127 Å². The van der Waals surface area contributed by atoms with E-state index in [1.165, 1.54) is 82.6 Å². The van der Waals surface area contributed by atoms with Crippen molar-refractivity contribution in [1.29, 1.82) is 0 Å². The molecule has 0 bridgehead atoms. The number of thiazole rings is 2. The van der Waals surface area contributed by atoms with Crippen LogP contribution in [0.4, 0.5) is 21.5 Å². The van der Waals surface area contributed by atoms with E-state index in [1.54, 1.807) is 18.2 Å². The van der Waals surface area contributed by atoms with Crippen LogP contribution in [0.1, 0.15) is 0 Å². The minimum atomic E-state index is -0.450. The van der Waals surface area contributed by atoms with Gasteiger partial charge in [-0.15, -0.1) is 22.7 Å². The molecule has 0 atom stereocenters. The van der Waals surface area contributed by atoms with Crippen LogP contribution in [0.2, 0.25) is 0 Å². The molecule has 192 valence electrons. The molecule has 0 aliphatic carbocycles. The number of nitro benzene ring substituents is 1. The van der Waals surface area contributed by atoms with Crippen LogP contribution in [0.15, 0.2) is 69.3 Å². The Balaban J connectivity index is 1.14. The quantitative estimate of drug-likeness (QED) is 0.115. The predicted molar refractivity (Wildman–Crippen MR) is 151 cm³/mol. The van der Waals surface area contributed by atoms with Gasteiger partial charge in [-0.25, -0.2) is 14.4 Å². The van der Waals surface area contributed by atoms with Gasteiger partial charge in [0.05, 0.1) is 36.9 Å². The number of non-ortho nitro benzene ring substituents is 1. The summed E-state index contributed by atoms with van der Waals surface area (Å²) in [4.78, 5) is 44.1. The summed E-state index contributed by atoms with van der Waals surface area (Å²) in [7, 11) is 0. The first-order valence-corrected chi connectivity index (χ1v) is 14.5. The number of nitrogens with zero attached hydrogens (tertiary/aromatic N) is 3. The highest BCUT2D eigenvalue weighted by Gasteiger charge is 2.13. The summed E-state index contributed by atoms with van der Waals surface area (Å²) in [6.45, 7) is 0. The molecular formula is C24H16FN5O4S4. The molecule has 0 radical (unpaired) electrons. The number of carbonyl (C=O) groups is 2. The second-order valence-electron chi connectivity index (χ2n) is 7.73. The Morgan fingerprint density at radius 2 is 1.34 bits per heavy atom. The lowest BCUT2D eigenvalue weighted by Gasteiger charge is -2.04. The fourth-order valence-electron chi connectivity index (χ4n) is 3.29. The average Bonchev–Trinajstić information content (AvgIpc) is 3.50. The summed E-state index contributed by atoms with van der Waals surface area (Å²) >= 11 is 5.27. The van der Waals surface area contributed by atoms with Crippen LogP contribution in [-0.4, -0.2) is 38.2 Å². The van der Waals surface area contributed by atoms with Gasteiger partial charge >= 0.3 is 0 Å². The van der Waals surface area contributed by atoms with Gasteiger partial charge in [0.25, 0.3) is 5.69 Å². The second kappa shape index (κ2) is 11.4. The molecule has 38 heavy (non-hydrogen) atoms. The maximum atomic E-state index is 13.0. The number of thioether (sulfide) groups is 2. The molecule has 0 aliphatic rings. The lowest BCUT2D eigenvalue weighted by Crippen LogP contribution is -2.13. The number of anilines is 2. The summed E-state index contributed by atoms with van der Waals surface area (Å²) < 4.78 is 15.9. The van der Waals surface area contributed by atoms with E-state index in [2.05, 4.69) is 20.6 Å². The zero-order valence-corrected chi connectivity index (χ0v) is 22.4. The number of halogens is 1. The SMILES string of the molecule is O=C(CSc1nc2ccc(NC(=O)CSc3nc4ccc([N+](=O)[O-])cc4s3)cc2s1)Nc1ccc(F)cc1. The first-order valence-electron chi connectivity index (χ1n) is 10.9. The minimum absolute atomic E-state index is 0.00345. The molecule has 2 heterocycles. The van der Waals surface area contributed by atoms with Gasteiger partial charge in [-0.2, -0.15) is 0 Å². The van der Waals surface area contributed by atoms with Gasteiger partial charge in [0.2, 0.25) is 11.8 Å². The highest BCUT2D eigenvalue weighted by Crippen LogP contribution is 2.33. The van der Waals surface area contributed by atoms with Crippen molar-refractivity contribution in [2.45, 2.75) is 8.68 Å². The Morgan fingerprint density at radius 3 is 1.95 bits per heavy atom. The minimum Gasteiger partial charge on any atom is -0.325 e. The summed E-state index contributed by atoms with van der Waals surface area (Å²) in [5.41, 5.74) is 2.56. The van der Waals surface area contributed by atoms with Crippen molar-refractivity contribution in [3.8, 4) is 0 Å². The number of amides is 2. The Morgan fingerprint density at radius 1 is 0.816 bits per heavy atom. The smallest absolute Gasteiger partial charge is 0.270 e. The first-order chi connectivity index (χ1) is 18.3. The van der Waals surface area contributed by atoms with Crippen molar-refractivity contribution in [2.75, 3.05) is 22.1 Å². The van der Waals surface area contributed by atoms with Crippen LogP contribution in [0.25, 0.3) is 20.4 Å². The Kier molecular flexibility index (Phi) is 7.83. The molecule has 5 aromatic rings. The third kappa shape index (κ3) is 6.45. The number of nitro groups is 1. The number of hydrogen-bond acceptors (Lipinski definition) is 10. The molecule has 2 N–H and O–H groups in total. The van der Waals surface area contributed by atoms with Crippen LogP contribution in [0, 0.1) is 15.9 Å². The molecule has 2 amide bonds. The molecule has 0 fully saturated rings. The molecule has 14 heteroatoms. The maximum Gasteiger partial charge on any atom is 0.270 e. The molecule has 2 aromatic heterocycles. The molecule has 0 unspecified atom stereocenters. The van der Waals surface area contributed by atoms with Crippen molar-refractivity contribution in [2.24, 2.45) is 0 Å². The van der Waals surface area contributed by atoms with E-state index < -0.39 is 4.92 Å². The molecule has 3 aromatic carbocycles. The van der Waals surface area contributed by atoms with Gasteiger partial charge in [-0.1, -0.05) is 23.5 Å². The number of nitrogens with one attached hydrogen (secondary N) is 2. The van der Waals surface area contributed by atoms with Crippen molar-refractivity contribution in [3.63, 3.8) is 0 Å². The van der Waals surface area contributed by atoms with E-state index in [4.69, 9.17) is 0 Å². The van der Waals surface area contributed by atoms with Crippen LogP contribution in [0.5, 0.6) is 0 Å². The lowest BCUT2D eigenvalue weighted by atomic mass is 10.3. The van der Waals surface area contributed by atoms with E-state index in [0.717, 1.165) is 10.2 Å². The van der Waals surface area contributed by atoms with Crippen molar-refractivity contribution < 1.29 is 18.9 Å². The largest absolute Gasteiger partial charge is 0.325 e. The molecule has 0 spiro atoms. The fourth-order valence-corrected chi connectivity index (χ4v) is 7.10. The Labute approximate surface area is 231 Å². The Bertz CT molecular complexity index is 1670. The van der Waals surface area contributed by atoms with Gasteiger partial charge in [0.1, 0.15) is 5.82 Å². The zero-order chi connectivity index (χ0) is 26.6. The van der Waals surface area contributed by atoms with Crippen LogP contribution < -0.4 is 10.6 Å². The monoisotopic (exact) mass is 585 g/mol. The predicted octanol–water partition coefficient (Wildman–Crippen LogP) is 6.41. The van der Waals surface area contributed by atoms with Crippen molar-refractivity contribution in [3.05, 3.63) is 76.6 Å². The van der Waals surface area contributed by atoms with E-state index in [1.807, 2.05) is 6.07 Å². The zero-order valence-electron chi connectivity index (χ0n) is 19.2. The molecule has 5 rings (SSSR count). The summed E-state index contributed by atoms with van der Waals surface area (Å²) in [6.07, 6.45) is 0. The van der Waals surface area contributed by atoms with E-state index >= 15 is 0 Å². The van der Waals surface area contributed by atoms with Crippen LogP contribution in [0.3, 0.4) is 0 Å². The van der Waals surface area contributed by atoms with Gasteiger partial charge in [-0.3, -0.25) is 19.7 Å². The van der Waals surface area contributed by atoms with Gasteiger partial charge < -0.3 is 10.6 Å². The molecule has 0 aliphatic heterocycles. The standard InChI is InChI=1S/C24H16FN5O4S4/c25-13-1-3-14(4-2-13)26-21(31)11-35-23-28-17-7-5-15(9-19(17)37-23)27-22(32)12-36-24-29-18-8-6-16(30(33)34)10-20(18)38-24/h1-10H,11-12H2,(H,26,31)(H,27,32). The van der Waals surface area contributed by atoms with E-state index in [-0.39, 0.29) is 34.8 Å². The highest BCUT2D eigenvalue weighted by molar-refractivity contribution is 8.02. The van der Waals surface area contributed by atoms with Crippen LogP contribution >= 0.6 is 46.2 Å². The second-order valence-corrected chi connectivity index (χ2v) is 12.2. The van der Waals surface area contributed by atoms with Crippen LogP contribution in [-0.2, 0) is 9.59 Å². The summed E-state index contributed by atoms with van der Waals surface area (Å²) in [5.74, 6) is -0.525. The third-order valence-electron chi connectivity index (χ3n) is 5.00. The molecular weight excluding hydrogens is 570 g/mol. The number of fused-ring (bicyclic) bond motifs is 2. The average molecular weight is 586 g/mol. The Hall–Kier alpha value is -3.59. The molecule has 0 saturated heterocycles. The number of aromatic nitrogens is 2. The van der Waals surface area contributed by atoms with E-state index in [9.17, 15) is 24.1 Å². The normalized spacial score (nSPS) is 11.1. The van der Waals surface area contributed by atoms with Crippen molar-refractivity contribution >= 4 is 95.5 Å². The maximum absolute atomic E-state index is 13.0. The number of carbonyl (C=O) groups excluding carboxylic acids is 2. The number of rotatable bonds is 9. The van der Waals surface area contributed by atoms with Gasteiger partial charge in [-0.05, 0) is 48.5 Å². The van der Waals surface area contributed by atoms with Gasteiger partial charge in [0.15, 0.2) is 8.68 Å². The number of benzene rings is 3. The highest BCUT2D eigenvalue weighted by atomic mass is 32.2. The van der Waals surface area contributed by atoms with E-state index in [0.29, 0.717) is 30.3 Å². The third-order valence-corrected chi connectivity index (χ3v) is 9.32. The lowest BCUT2D eigenvalue weighted by molar-refractivity contribution is -0.384.